The van der Waals surface area contributed by atoms with Gasteiger partial charge in [0.25, 0.3) is 0 Å². The molecule has 82 valence electrons. The predicted molar refractivity (Wildman–Crippen MR) is 44.5 cm³/mol. The number of aliphatic hydroxyl groups is 1. The van der Waals surface area contributed by atoms with E-state index < -0.39 is 23.2 Å². The SMILES string of the molecule is OC1(c2cc(C(F)(F)F)ccc2F)CC1. The molecular formula is C10H8F4O. The Bertz CT molecular complexity index is 393. The highest BCUT2D eigenvalue weighted by atomic mass is 19.4. The third-order valence-corrected chi connectivity index (χ3v) is 2.52. The van der Waals surface area contributed by atoms with Crippen molar-refractivity contribution >= 4 is 0 Å². The maximum Gasteiger partial charge on any atom is 0.416 e. The minimum Gasteiger partial charge on any atom is -0.385 e. The molecule has 1 aliphatic carbocycles. The maximum absolute atomic E-state index is 13.2. The van der Waals surface area contributed by atoms with Crippen molar-refractivity contribution in [2.24, 2.45) is 0 Å². The Morgan fingerprint density at radius 3 is 2.27 bits per heavy atom. The normalized spacial score (nSPS) is 19.0. The first-order valence-corrected chi connectivity index (χ1v) is 4.42. The Labute approximate surface area is 83.3 Å². The van der Waals surface area contributed by atoms with Crippen LogP contribution >= 0.6 is 0 Å². The Morgan fingerprint density at radius 2 is 1.80 bits per heavy atom. The lowest BCUT2D eigenvalue weighted by atomic mass is 10.0. The minimum absolute atomic E-state index is 0.252. The Hall–Kier alpha value is -1.10. The standard InChI is InChI=1S/C10H8F4O/c11-8-2-1-6(10(12,13)14)5-7(8)9(15)3-4-9/h1-2,5,15H,3-4H2. The van der Waals surface area contributed by atoms with E-state index in [2.05, 4.69) is 0 Å². The van der Waals surface area contributed by atoms with Gasteiger partial charge in [0, 0.05) is 5.56 Å². The Kier molecular flexibility index (Phi) is 2.05. The van der Waals surface area contributed by atoms with Gasteiger partial charge >= 0.3 is 6.18 Å². The van der Waals surface area contributed by atoms with Crippen molar-refractivity contribution < 1.29 is 22.7 Å². The number of halogens is 4. The summed E-state index contributed by atoms with van der Waals surface area (Å²) in [6.45, 7) is 0. The molecule has 1 nitrogen and oxygen atoms in total. The molecule has 1 aliphatic rings. The van der Waals surface area contributed by atoms with Gasteiger partial charge in [-0.05, 0) is 31.0 Å². The summed E-state index contributed by atoms with van der Waals surface area (Å²) >= 11 is 0. The fourth-order valence-corrected chi connectivity index (χ4v) is 1.45. The van der Waals surface area contributed by atoms with E-state index in [1.54, 1.807) is 0 Å². The van der Waals surface area contributed by atoms with Crippen LogP contribution < -0.4 is 0 Å². The average molecular weight is 220 g/mol. The van der Waals surface area contributed by atoms with Crippen molar-refractivity contribution in [3.63, 3.8) is 0 Å². The molecule has 5 heteroatoms. The van der Waals surface area contributed by atoms with Crippen LogP contribution in [0.5, 0.6) is 0 Å². The number of rotatable bonds is 1. The highest BCUT2D eigenvalue weighted by molar-refractivity contribution is 5.34. The van der Waals surface area contributed by atoms with Gasteiger partial charge in [-0.25, -0.2) is 4.39 Å². The highest BCUT2D eigenvalue weighted by Crippen LogP contribution is 2.47. The molecule has 1 N–H and O–H groups in total. The Balaban J connectivity index is 2.47. The summed E-state index contributed by atoms with van der Waals surface area (Å²) in [4.78, 5) is 0. The summed E-state index contributed by atoms with van der Waals surface area (Å²) in [5, 5.41) is 9.56. The quantitative estimate of drug-likeness (QED) is 0.721. The van der Waals surface area contributed by atoms with Crippen LogP contribution in [0.3, 0.4) is 0 Å². The number of hydrogen-bond donors (Lipinski definition) is 1. The van der Waals surface area contributed by atoms with E-state index in [1.165, 1.54) is 0 Å². The van der Waals surface area contributed by atoms with E-state index in [1.807, 2.05) is 0 Å². The predicted octanol–water partition coefficient (Wildman–Crippen LogP) is 2.83. The Morgan fingerprint density at radius 1 is 1.20 bits per heavy atom. The van der Waals surface area contributed by atoms with Crippen LogP contribution in [0.25, 0.3) is 0 Å². The molecule has 0 aromatic heterocycles. The highest BCUT2D eigenvalue weighted by Gasteiger charge is 2.45. The van der Waals surface area contributed by atoms with Crippen LogP contribution in [-0.4, -0.2) is 5.11 Å². The number of hydrogen-bond acceptors (Lipinski definition) is 1. The smallest absolute Gasteiger partial charge is 0.385 e. The maximum atomic E-state index is 13.2. The van der Waals surface area contributed by atoms with Crippen LogP contribution in [0.2, 0.25) is 0 Å². The van der Waals surface area contributed by atoms with Gasteiger partial charge in [-0.2, -0.15) is 13.2 Å². The van der Waals surface area contributed by atoms with Gasteiger partial charge in [-0.15, -0.1) is 0 Å². The molecule has 0 amide bonds. The van der Waals surface area contributed by atoms with Crippen molar-refractivity contribution in [2.75, 3.05) is 0 Å². The van der Waals surface area contributed by atoms with E-state index in [-0.39, 0.29) is 5.56 Å². The molecule has 1 aromatic carbocycles. The first kappa shape index (κ1) is 10.4. The molecule has 0 heterocycles. The van der Waals surface area contributed by atoms with E-state index in [4.69, 9.17) is 0 Å². The third-order valence-electron chi connectivity index (χ3n) is 2.52. The zero-order chi connectivity index (χ0) is 11.3. The first-order valence-electron chi connectivity index (χ1n) is 4.42. The summed E-state index contributed by atoms with van der Waals surface area (Å²) in [6, 6.07) is 2.10. The van der Waals surface area contributed by atoms with Gasteiger partial charge in [-0.3, -0.25) is 0 Å². The zero-order valence-electron chi connectivity index (χ0n) is 7.61. The van der Waals surface area contributed by atoms with Gasteiger partial charge in [0.1, 0.15) is 5.82 Å². The molecule has 0 saturated heterocycles. The van der Waals surface area contributed by atoms with E-state index in [0.717, 1.165) is 6.07 Å². The molecule has 1 fully saturated rings. The second-order valence-corrected chi connectivity index (χ2v) is 3.72. The van der Waals surface area contributed by atoms with Gasteiger partial charge in [0.2, 0.25) is 0 Å². The van der Waals surface area contributed by atoms with Crippen LogP contribution in [0.1, 0.15) is 24.0 Å². The molecule has 15 heavy (non-hydrogen) atoms. The minimum atomic E-state index is -4.51. The first-order chi connectivity index (χ1) is 6.83. The number of benzene rings is 1. The fraction of sp³-hybridized carbons (Fsp3) is 0.400. The second kappa shape index (κ2) is 2.95. The van der Waals surface area contributed by atoms with Crippen LogP contribution in [-0.2, 0) is 11.8 Å². The molecule has 0 bridgehead atoms. The van der Waals surface area contributed by atoms with Crippen LogP contribution in [0.15, 0.2) is 18.2 Å². The monoisotopic (exact) mass is 220 g/mol. The average Bonchev–Trinajstić information content (AvgIpc) is 2.83. The molecule has 1 aromatic rings. The second-order valence-electron chi connectivity index (χ2n) is 3.72. The largest absolute Gasteiger partial charge is 0.416 e. The lowest BCUT2D eigenvalue weighted by molar-refractivity contribution is -0.137. The van der Waals surface area contributed by atoms with Crippen molar-refractivity contribution in [3.05, 3.63) is 35.1 Å². The lowest BCUT2D eigenvalue weighted by Gasteiger charge is -2.13. The zero-order valence-corrected chi connectivity index (χ0v) is 7.61. The molecule has 1 saturated carbocycles. The summed E-state index contributed by atoms with van der Waals surface area (Å²) in [5.41, 5.74) is -2.57. The van der Waals surface area contributed by atoms with E-state index in [9.17, 15) is 22.7 Å². The summed E-state index contributed by atoms with van der Waals surface area (Å²) in [7, 11) is 0. The molecule has 0 aliphatic heterocycles. The lowest BCUT2D eigenvalue weighted by Crippen LogP contribution is -2.12. The van der Waals surface area contributed by atoms with Crippen molar-refractivity contribution in [1.29, 1.82) is 0 Å². The van der Waals surface area contributed by atoms with E-state index >= 15 is 0 Å². The van der Waals surface area contributed by atoms with Gasteiger partial charge in [0.05, 0.1) is 11.2 Å². The van der Waals surface area contributed by atoms with Gasteiger partial charge in [0.15, 0.2) is 0 Å². The summed E-state index contributed by atoms with van der Waals surface area (Å²) in [6.07, 6.45) is -3.88. The topological polar surface area (TPSA) is 20.2 Å². The van der Waals surface area contributed by atoms with Gasteiger partial charge in [-0.1, -0.05) is 0 Å². The molecule has 0 unspecified atom stereocenters. The van der Waals surface area contributed by atoms with E-state index in [0.29, 0.717) is 25.0 Å². The van der Waals surface area contributed by atoms with Crippen LogP contribution in [0, 0.1) is 5.82 Å². The fourth-order valence-electron chi connectivity index (χ4n) is 1.45. The third kappa shape index (κ3) is 1.84. The molecule has 0 atom stereocenters. The van der Waals surface area contributed by atoms with Crippen LogP contribution in [0.4, 0.5) is 17.6 Å². The van der Waals surface area contributed by atoms with Crippen molar-refractivity contribution in [1.82, 2.24) is 0 Å². The summed E-state index contributed by atoms with van der Waals surface area (Å²) < 4.78 is 50.1. The number of alkyl halides is 3. The molecule has 0 spiro atoms. The van der Waals surface area contributed by atoms with Crippen molar-refractivity contribution in [2.45, 2.75) is 24.6 Å². The van der Waals surface area contributed by atoms with Gasteiger partial charge < -0.3 is 5.11 Å². The molecule has 0 radical (unpaired) electrons. The van der Waals surface area contributed by atoms with Crippen molar-refractivity contribution in [3.8, 4) is 0 Å². The molecular weight excluding hydrogens is 212 g/mol. The summed E-state index contributed by atoms with van der Waals surface area (Å²) in [5.74, 6) is -0.789. The molecule has 2 rings (SSSR count).